The zero-order chi connectivity index (χ0) is 26.0. The van der Waals surface area contributed by atoms with Crippen molar-refractivity contribution in [2.24, 2.45) is 0 Å². The van der Waals surface area contributed by atoms with Crippen molar-refractivity contribution >= 4 is 50.0 Å². The third kappa shape index (κ3) is 17.3. The van der Waals surface area contributed by atoms with Gasteiger partial charge in [0, 0.05) is 0 Å². The summed E-state index contributed by atoms with van der Waals surface area (Å²) in [4.78, 5) is 20.0. The number of aryl methyl sites for hydroxylation is 1. The molecule has 0 aromatic heterocycles. The molecule has 34 heavy (non-hydrogen) atoms. The Morgan fingerprint density at radius 2 is 1.44 bits per heavy atom. The van der Waals surface area contributed by atoms with Gasteiger partial charge in [0.25, 0.3) is 10.1 Å². The molecule has 0 aliphatic rings. The molecule has 0 spiro atoms. The number of benzene rings is 1. The van der Waals surface area contributed by atoms with Crippen LogP contribution in [-0.2, 0) is 26.1 Å². The van der Waals surface area contributed by atoms with E-state index < -0.39 is 33.7 Å². The van der Waals surface area contributed by atoms with Crippen LogP contribution in [0, 0.1) is 0 Å². The zero-order valence-electron chi connectivity index (χ0n) is 20.7. The van der Waals surface area contributed by atoms with E-state index in [9.17, 15) is 18.0 Å². The monoisotopic (exact) mass is 510 g/mol. The summed E-state index contributed by atoms with van der Waals surface area (Å²) in [6.07, 6.45) is 14.0. The Kier molecular flexibility index (Phi) is 18.5. The molecule has 0 radical (unpaired) electrons. The molecule has 1 aromatic rings. The summed E-state index contributed by atoms with van der Waals surface area (Å²) in [5, 5.41) is 13.9. The molecule has 0 fully saturated rings. The molecule has 10 heteroatoms. The van der Waals surface area contributed by atoms with Crippen molar-refractivity contribution in [1.29, 1.82) is 0 Å². The third-order valence-electron chi connectivity index (χ3n) is 5.13. The molecular weight excluding hydrogens is 471 g/mol. The molecule has 3 N–H and O–H groups in total. The van der Waals surface area contributed by atoms with Gasteiger partial charge in [-0.25, -0.2) is 0 Å². The third-order valence-corrected chi connectivity index (χ3v) is 6.45. The van der Waals surface area contributed by atoms with E-state index in [2.05, 4.69) is 38.1 Å². The van der Waals surface area contributed by atoms with Gasteiger partial charge in [0.1, 0.15) is 0 Å². The number of carbonyl (C=O) groups is 2. The summed E-state index contributed by atoms with van der Waals surface area (Å²) in [7, 11) is -4.84. The van der Waals surface area contributed by atoms with E-state index in [1.165, 1.54) is 76.2 Å². The van der Waals surface area contributed by atoms with E-state index in [1.54, 1.807) is 0 Å². The first-order valence-electron chi connectivity index (χ1n) is 12.1. The van der Waals surface area contributed by atoms with Gasteiger partial charge in [-0.3, -0.25) is 14.1 Å². The molecule has 0 amide bonds. The summed E-state index contributed by atoms with van der Waals surface area (Å²) >= 11 is 1.09. The van der Waals surface area contributed by atoms with Crippen molar-refractivity contribution in [2.75, 3.05) is 0 Å². The predicted molar refractivity (Wildman–Crippen MR) is 133 cm³/mol. The number of carboxylic acids is 2. The summed E-state index contributed by atoms with van der Waals surface area (Å²) in [6, 6.07) is 8.57. The molecule has 0 aliphatic carbocycles. The topological polar surface area (TPSA) is 138 Å². The van der Waals surface area contributed by atoms with Gasteiger partial charge in [-0.2, -0.15) is 8.42 Å². The number of hydrogen-bond acceptors (Lipinski definition) is 5. The Morgan fingerprint density at radius 3 is 1.85 bits per heavy atom. The van der Waals surface area contributed by atoms with Gasteiger partial charge in [0.15, 0.2) is 5.25 Å². The quantitative estimate of drug-likeness (QED) is 0.154. The van der Waals surface area contributed by atoms with Crippen LogP contribution in [0.15, 0.2) is 24.3 Å². The fourth-order valence-corrected chi connectivity index (χ4v) is 4.22. The van der Waals surface area contributed by atoms with E-state index in [0.717, 1.165) is 33.7 Å². The fraction of sp³-hybridized carbons (Fsp3) is 0.667. The molecule has 0 saturated carbocycles. The number of rotatable bonds is 17. The smallest absolute Gasteiger partial charge is 0.325 e. The van der Waals surface area contributed by atoms with Gasteiger partial charge in [0.05, 0.1) is 6.42 Å². The summed E-state index contributed by atoms with van der Waals surface area (Å²) in [6.45, 7) is 4.44. The van der Waals surface area contributed by atoms with E-state index in [1.807, 2.05) is 0 Å². The number of carboxylic acid groups (broad SMARTS) is 2. The van der Waals surface area contributed by atoms with E-state index >= 15 is 0 Å². The number of hydrogen-bond donors (Lipinski definition) is 3. The summed E-state index contributed by atoms with van der Waals surface area (Å²) in [5.74, 6) is -2.39. The Morgan fingerprint density at radius 1 is 0.941 bits per heavy atom. The van der Waals surface area contributed by atoms with Crippen molar-refractivity contribution < 1.29 is 37.5 Å². The number of para-hydroxylation sites is 1. The zero-order valence-corrected chi connectivity index (χ0v) is 23.6. The van der Waals surface area contributed by atoms with Gasteiger partial charge in [-0.1, -0.05) is 26.2 Å². The van der Waals surface area contributed by atoms with Crippen LogP contribution in [0.1, 0.15) is 90.0 Å². The Balaban J connectivity index is 0.000000770. The fourth-order valence-electron chi connectivity index (χ4n) is 3.36. The van der Waals surface area contributed by atoms with Crippen LogP contribution >= 0.6 is 0 Å². The van der Waals surface area contributed by atoms with Crippen LogP contribution in [0.25, 0.3) is 0 Å². The first-order chi connectivity index (χ1) is 16.0. The van der Waals surface area contributed by atoms with E-state index in [0.29, 0.717) is 3.35 Å². The Hall–Kier alpha value is -1.13. The average Bonchev–Trinajstić information content (AvgIpc) is 2.73. The van der Waals surface area contributed by atoms with Crippen molar-refractivity contribution in [1.82, 2.24) is 0 Å². The minimum Gasteiger partial charge on any atom is -0.481 e. The van der Waals surface area contributed by atoms with Crippen molar-refractivity contribution in [3.05, 3.63) is 29.8 Å². The molecule has 0 saturated heterocycles. The summed E-state index contributed by atoms with van der Waals surface area (Å²) < 4.78 is 35.0. The molecular formula is C24H39NaO8S. The van der Waals surface area contributed by atoms with E-state index in [-0.39, 0.29) is 0 Å². The first kappa shape index (κ1) is 32.9. The normalized spacial score (nSPS) is 12.9. The number of ether oxygens (including phenoxy) is 1. The van der Waals surface area contributed by atoms with Crippen LogP contribution in [-0.4, -0.2) is 71.7 Å². The van der Waals surface area contributed by atoms with Gasteiger partial charge < -0.3 is 10.2 Å². The molecule has 2 unspecified atom stereocenters. The summed E-state index contributed by atoms with van der Waals surface area (Å²) in [5.41, 5.74) is 1.39. The molecule has 0 bridgehead atoms. The predicted octanol–water partition coefficient (Wildman–Crippen LogP) is 4.85. The van der Waals surface area contributed by atoms with Crippen molar-refractivity contribution in [2.45, 2.75) is 99.5 Å². The second-order valence-electron chi connectivity index (χ2n) is 8.65. The number of unbranched alkanes of at least 4 members (excludes halogenated alkanes) is 9. The van der Waals surface area contributed by atoms with Crippen LogP contribution in [0.5, 0.6) is 5.75 Å². The average molecular weight is 511 g/mol. The van der Waals surface area contributed by atoms with Crippen LogP contribution in [0.2, 0.25) is 0 Å². The van der Waals surface area contributed by atoms with Crippen LogP contribution in [0.4, 0.5) is 0 Å². The second-order valence-corrected chi connectivity index (χ2v) is 11.9. The minimum atomic E-state index is -4.84. The second kappa shape index (κ2) is 19.1. The SMILES string of the molecule is CCCCCCCCCCCCc1ccccc1O[CH](C)[Na].O=C(O)CC(C(=O)O)S(=O)(=O)O. The maximum atomic E-state index is 10.2. The largest absolute Gasteiger partial charge is 0.481 e. The first-order valence-corrected chi connectivity index (χ1v) is 14.8. The van der Waals surface area contributed by atoms with Crippen molar-refractivity contribution in [3.63, 3.8) is 0 Å². The molecule has 190 valence electrons. The van der Waals surface area contributed by atoms with Gasteiger partial charge >= 0.3 is 142 Å². The molecule has 8 nitrogen and oxygen atoms in total. The molecule has 0 heterocycles. The maximum Gasteiger partial charge on any atom is 0.325 e. The van der Waals surface area contributed by atoms with Gasteiger partial charge in [0.2, 0.25) is 0 Å². The number of aliphatic carboxylic acids is 2. The van der Waals surface area contributed by atoms with Crippen LogP contribution < -0.4 is 4.74 Å². The van der Waals surface area contributed by atoms with Crippen LogP contribution in [0.3, 0.4) is 0 Å². The minimum absolute atomic E-state index is 0.397. The van der Waals surface area contributed by atoms with E-state index in [4.69, 9.17) is 19.5 Å². The van der Waals surface area contributed by atoms with Gasteiger partial charge in [-0.05, 0) is 0 Å². The Labute approximate surface area is 221 Å². The maximum absolute atomic E-state index is 10.2. The molecule has 0 aliphatic heterocycles. The molecule has 1 rings (SSSR count). The standard InChI is InChI=1S/C20H33O.C4H6O7S.Na/c1-3-5-6-7-8-9-10-11-12-13-16-19-17-14-15-18-20(19)21-4-2;5-3(6)1-2(4(7)8)12(9,10)11;/h4,14-15,17-18H,3,5-13,16H2,1-2H3;2H,1H2,(H,5,6)(H,7,8)(H,9,10,11);. The van der Waals surface area contributed by atoms with Gasteiger partial charge in [-0.15, -0.1) is 0 Å². The Bertz CT molecular complexity index is 811. The van der Waals surface area contributed by atoms with Crippen molar-refractivity contribution in [3.8, 4) is 5.75 Å². The molecule has 1 aromatic carbocycles. The molecule has 2 atom stereocenters.